The van der Waals surface area contributed by atoms with Crippen LogP contribution in [0.5, 0.6) is 0 Å². The van der Waals surface area contributed by atoms with E-state index in [9.17, 15) is 9.59 Å². The van der Waals surface area contributed by atoms with E-state index < -0.39 is 5.97 Å². The maximum Gasteiger partial charge on any atom is 0.338 e. The lowest BCUT2D eigenvalue weighted by Crippen LogP contribution is -2.31. The Morgan fingerprint density at radius 3 is 2.67 bits per heavy atom. The molecule has 0 aliphatic carbocycles. The molecular formula is C19H20N4O4. The van der Waals surface area contributed by atoms with Gasteiger partial charge in [-0.15, -0.1) is 5.10 Å². The first-order chi connectivity index (χ1) is 13.2. The van der Waals surface area contributed by atoms with Gasteiger partial charge in [0.1, 0.15) is 5.52 Å². The molecule has 27 heavy (non-hydrogen) atoms. The molecule has 0 fully saturated rings. The summed E-state index contributed by atoms with van der Waals surface area (Å²) in [7, 11) is 1.54. The van der Waals surface area contributed by atoms with Gasteiger partial charge in [-0.1, -0.05) is 29.5 Å². The van der Waals surface area contributed by atoms with Crippen molar-refractivity contribution in [2.45, 2.75) is 6.54 Å². The lowest BCUT2D eigenvalue weighted by Gasteiger charge is -2.07. The summed E-state index contributed by atoms with van der Waals surface area (Å²) in [5, 5.41) is 10.9. The highest BCUT2D eigenvalue weighted by Gasteiger charge is 2.10. The van der Waals surface area contributed by atoms with Gasteiger partial charge in [-0.2, -0.15) is 0 Å². The number of aromatic nitrogens is 3. The molecule has 0 unspecified atom stereocenters. The minimum Gasteiger partial charge on any atom is -0.452 e. The molecule has 140 valence electrons. The first-order valence-electron chi connectivity index (χ1n) is 8.47. The number of esters is 1. The number of fused-ring (bicyclic) bond motifs is 1. The molecule has 3 rings (SSSR count). The third kappa shape index (κ3) is 4.89. The molecule has 1 aromatic heterocycles. The predicted octanol–water partition coefficient (Wildman–Crippen LogP) is 1.40. The van der Waals surface area contributed by atoms with Crippen LogP contribution in [0.25, 0.3) is 11.0 Å². The topological polar surface area (TPSA) is 95.3 Å². The summed E-state index contributed by atoms with van der Waals surface area (Å²) in [5.74, 6) is -0.912. The number of rotatable bonds is 8. The smallest absolute Gasteiger partial charge is 0.338 e. The van der Waals surface area contributed by atoms with E-state index in [4.69, 9.17) is 9.47 Å². The number of nitrogens with zero attached hydrogens (tertiary/aromatic N) is 3. The van der Waals surface area contributed by atoms with E-state index in [0.717, 1.165) is 16.6 Å². The quantitative estimate of drug-likeness (QED) is 0.477. The number of ether oxygens (including phenoxy) is 2. The Morgan fingerprint density at radius 2 is 1.89 bits per heavy atom. The average molecular weight is 368 g/mol. The molecule has 1 N–H and O–H groups in total. The van der Waals surface area contributed by atoms with E-state index in [0.29, 0.717) is 25.3 Å². The highest BCUT2D eigenvalue weighted by molar-refractivity contribution is 5.91. The minimum absolute atomic E-state index is 0.324. The van der Waals surface area contributed by atoms with Crippen molar-refractivity contribution in [3.63, 3.8) is 0 Å². The monoisotopic (exact) mass is 368 g/mol. The highest BCUT2D eigenvalue weighted by atomic mass is 16.5. The largest absolute Gasteiger partial charge is 0.452 e. The molecule has 0 radical (unpaired) electrons. The number of methoxy groups -OCH3 is 1. The van der Waals surface area contributed by atoms with Gasteiger partial charge in [-0.05, 0) is 29.8 Å². The molecule has 2 aromatic carbocycles. The van der Waals surface area contributed by atoms with Gasteiger partial charge in [0, 0.05) is 13.7 Å². The molecule has 8 nitrogen and oxygen atoms in total. The number of para-hydroxylation sites is 1. The van der Waals surface area contributed by atoms with Crippen LogP contribution >= 0.6 is 0 Å². The summed E-state index contributed by atoms with van der Waals surface area (Å²) in [6.45, 7) is 0.994. The zero-order chi connectivity index (χ0) is 19.1. The maximum atomic E-state index is 12.0. The van der Waals surface area contributed by atoms with Crippen LogP contribution in [0.15, 0.2) is 48.5 Å². The fraction of sp³-hybridized carbons (Fsp3) is 0.263. The van der Waals surface area contributed by atoms with Gasteiger partial charge in [0.15, 0.2) is 6.61 Å². The van der Waals surface area contributed by atoms with E-state index in [1.54, 1.807) is 23.9 Å². The van der Waals surface area contributed by atoms with Gasteiger partial charge in [-0.25, -0.2) is 9.48 Å². The Morgan fingerprint density at radius 1 is 1.11 bits per heavy atom. The van der Waals surface area contributed by atoms with E-state index in [1.165, 1.54) is 0 Å². The molecule has 0 spiro atoms. The van der Waals surface area contributed by atoms with E-state index >= 15 is 0 Å². The Kier molecular flexibility index (Phi) is 6.11. The molecular weight excluding hydrogens is 348 g/mol. The number of carbonyl (C=O) groups is 2. The van der Waals surface area contributed by atoms with Crippen molar-refractivity contribution < 1.29 is 19.1 Å². The van der Waals surface area contributed by atoms with Gasteiger partial charge in [0.2, 0.25) is 0 Å². The lowest BCUT2D eigenvalue weighted by molar-refractivity contribution is -0.124. The number of nitrogens with one attached hydrogen (secondary N) is 1. The normalized spacial score (nSPS) is 10.7. The van der Waals surface area contributed by atoms with Gasteiger partial charge in [0.05, 0.1) is 24.2 Å². The minimum atomic E-state index is -0.547. The Labute approximate surface area is 156 Å². The van der Waals surface area contributed by atoms with Gasteiger partial charge in [-0.3, -0.25) is 4.79 Å². The summed E-state index contributed by atoms with van der Waals surface area (Å²) < 4.78 is 11.6. The standard InChI is InChI=1S/C19H20N4O4/c1-26-11-10-20-18(24)13-27-19(25)15-8-6-14(7-9-15)12-23-17-5-3-2-4-16(17)21-22-23/h2-9H,10-13H2,1H3,(H,20,24). The van der Waals surface area contributed by atoms with Crippen LogP contribution in [-0.2, 0) is 20.8 Å². The van der Waals surface area contributed by atoms with Gasteiger partial charge < -0.3 is 14.8 Å². The second-order valence-electron chi connectivity index (χ2n) is 5.85. The maximum absolute atomic E-state index is 12.0. The molecule has 0 bridgehead atoms. The van der Waals surface area contributed by atoms with Crippen molar-refractivity contribution in [3.8, 4) is 0 Å². The van der Waals surface area contributed by atoms with Crippen LogP contribution in [0.3, 0.4) is 0 Å². The Hall–Kier alpha value is -3.26. The zero-order valence-electron chi connectivity index (χ0n) is 14.9. The van der Waals surface area contributed by atoms with Gasteiger partial charge >= 0.3 is 5.97 Å². The molecule has 8 heteroatoms. The van der Waals surface area contributed by atoms with Crippen LogP contribution in [0.2, 0.25) is 0 Å². The first kappa shape index (κ1) is 18.5. The fourth-order valence-corrected chi connectivity index (χ4v) is 2.51. The molecule has 3 aromatic rings. The van der Waals surface area contributed by atoms with Crippen LogP contribution in [-0.4, -0.2) is 53.7 Å². The average Bonchev–Trinajstić information content (AvgIpc) is 3.10. The number of hydrogen-bond acceptors (Lipinski definition) is 6. The zero-order valence-corrected chi connectivity index (χ0v) is 14.9. The number of benzene rings is 2. The van der Waals surface area contributed by atoms with Gasteiger partial charge in [0.25, 0.3) is 5.91 Å². The highest BCUT2D eigenvalue weighted by Crippen LogP contribution is 2.13. The van der Waals surface area contributed by atoms with Crippen LogP contribution in [0, 0.1) is 0 Å². The van der Waals surface area contributed by atoms with Crippen LogP contribution < -0.4 is 5.32 Å². The lowest BCUT2D eigenvalue weighted by atomic mass is 10.1. The van der Waals surface area contributed by atoms with Crippen molar-refractivity contribution in [1.29, 1.82) is 0 Å². The van der Waals surface area contributed by atoms with Crippen molar-refractivity contribution in [2.24, 2.45) is 0 Å². The third-order valence-electron chi connectivity index (χ3n) is 3.90. The van der Waals surface area contributed by atoms with Crippen LogP contribution in [0.1, 0.15) is 15.9 Å². The van der Waals surface area contributed by atoms with Crippen LogP contribution in [0.4, 0.5) is 0 Å². The fourth-order valence-electron chi connectivity index (χ4n) is 2.51. The third-order valence-corrected chi connectivity index (χ3v) is 3.90. The van der Waals surface area contributed by atoms with Crippen molar-refractivity contribution >= 4 is 22.9 Å². The van der Waals surface area contributed by atoms with E-state index in [-0.39, 0.29) is 12.5 Å². The van der Waals surface area contributed by atoms with Crippen molar-refractivity contribution in [2.75, 3.05) is 26.9 Å². The SMILES string of the molecule is COCCNC(=O)COC(=O)c1ccc(Cn2nnc3ccccc32)cc1. The summed E-state index contributed by atoms with van der Waals surface area (Å²) in [5.41, 5.74) is 3.13. The van der Waals surface area contributed by atoms with Crippen molar-refractivity contribution in [3.05, 3.63) is 59.7 Å². The summed E-state index contributed by atoms with van der Waals surface area (Å²) >= 11 is 0. The summed E-state index contributed by atoms with van der Waals surface area (Å²) in [6, 6.07) is 14.7. The molecule has 1 heterocycles. The predicted molar refractivity (Wildman–Crippen MR) is 98.2 cm³/mol. The molecule has 0 saturated carbocycles. The van der Waals surface area contributed by atoms with E-state index in [2.05, 4.69) is 15.6 Å². The Bertz CT molecular complexity index is 921. The molecule has 0 saturated heterocycles. The summed E-state index contributed by atoms with van der Waals surface area (Å²) in [4.78, 5) is 23.6. The Balaban J connectivity index is 1.55. The second kappa shape index (κ2) is 8.91. The first-order valence-corrected chi connectivity index (χ1v) is 8.47. The molecule has 0 aliphatic heterocycles. The van der Waals surface area contributed by atoms with Crippen molar-refractivity contribution in [1.82, 2.24) is 20.3 Å². The van der Waals surface area contributed by atoms with E-state index in [1.807, 2.05) is 36.4 Å². The molecule has 1 amide bonds. The summed E-state index contributed by atoms with van der Waals surface area (Å²) in [6.07, 6.45) is 0. The molecule has 0 atom stereocenters. The molecule has 0 aliphatic rings. The number of amides is 1. The second-order valence-corrected chi connectivity index (χ2v) is 5.85. The number of hydrogen-bond donors (Lipinski definition) is 1. The number of carbonyl (C=O) groups excluding carboxylic acids is 2.